The Morgan fingerprint density at radius 2 is 1.42 bits per heavy atom. The highest BCUT2D eigenvalue weighted by Crippen LogP contribution is 2.35. The smallest absolute Gasteiger partial charge is 0.258 e. The first-order valence-electron chi connectivity index (χ1n) is 7.71. The summed E-state index contributed by atoms with van der Waals surface area (Å²) < 4.78 is 2.16. The van der Waals surface area contributed by atoms with Gasteiger partial charge in [-0.15, -0.1) is 0 Å². The van der Waals surface area contributed by atoms with Crippen molar-refractivity contribution < 1.29 is 9.49 Å². The molecule has 0 N–H and O–H groups in total. The molecule has 1 heterocycles. The number of rotatable bonds is 2. The van der Waals surface area contributed by atoms with E-state index in [1.807, 2.05) is 37.4 Å². The van der Waals surface area contributed by atoms with Gasteiger partial charge in [0.1, 0.15) is 7.05 Å². The number of aryl methyl sites for hydroxylation is 1. The van der Waals surface area contributed by atoms with Crippen LogP contribution in [0, 0.1) is 10.1 Å². The average molecular weight is 315 g/mol. The quantitative estimate of drug-likeness (QED) is 0.238. The molecule has 0 aliphatic carbocycles. The Bertz CT molecular complexity index is 1050. The van der Waals surface area contributed by atoms with Gasteiger partial charge in [0, 0.05) is 29.8 Å². The lowest BCUT2D eigenvalue weighted by atomic mass is 9.95. The van der Waals surface area contributed by atoms with Crippen LogP contribution in [0.2, 0.25) is 0 Å². The van der Waals surface area contributed by atoms with Crippen LogP contribution < -0.4 is 4.57 Å². The number of nitro benzene ring substituents is 1. The van der Waals surface area contributed by atoms with Crippen LogP contribution in [0.25, 0.3) is 32.9 Å². The normalized spacial score (nSPS) is 11.0. The summed E-state index contributed by atoms with van der Waals surface area (Å²) in [5.41, 5.74) is 4.18. The van der Waals surface area contributed by atoms with Crippen LogP contribution in [0.5, 0.6) is 0 Å². The maximum Gasteiger partial charge on any atom is 0.270 e. The standard InChI is InChI=1S/C20H15N2O2/c1-21-18-11-4-2-9-16(18)20(17-10-3-5-12-19(17)21)14-7-6-8-15(13-14)22(23)24/h2-13H,1H3/q+1. The molecule has 0 aliphatic rings. The second-order valence-corrected chi connectivity index (χ2v) is 5.78. The molecule has 0 saturated heterocycles. The molecule has 4 heteroatoms. The van der Waals surface area contributed by atoms with Gasteiger partial charge in [-0.3, -0.25) is 10.1 Å². The monoisotopic (exact) mass is 315 g/mol. The maximum absolute atomic E-state index is 11.2. The molecule has 4 nitrogen and oxygen atoms in total. The number of hydrogen-bond donors (Lipinski definition) is 0. The third kappa shape index (κ3) is 2.12. The number of nitro groups is 1. The predicted octanol–water partition coefficient (Wildman–Crippen LogP) is 4.39. The largest absolute Gasteiger partial charge is 0.270 e. The van der Waals surface area contributed by atoms with Gasteiger partial charge in [-0.25, -0.2) is 0 Å². The highest BCUT2D eigenvalue weighted by molar-refractivity contribution is 6.07. The van der Waals surface area contributed by atoms with E-state index in [9.17, 15) is 10.1 Å². The van der Waals surface area contributed by atoms with Gasteiger partial charge in [-0.1, -0.05) is 36.4 Å². The van der Waals surface area contributed by atoms with E-state index in [4.69, 9.17) is 0 Å². The fourth-order valence-corrected chi connectivity index (χ4v) is 3.32. The van der Waals surface area contributed by atoms with E-state index in [0.717, 1.165) is 32.9 Å². The molecule has 1 aromatic heterocycles. The molecule has 0 fully saturated rings. The number of pyridine rings is 1. The van der Waals surface area contributed by atoms with Crippen molar-refractivity contribution in [2.24, 2.45) is 7.05 Å². The van der Waals surface area contributed by atoms with Crippen LogP contribution in [-0.4, -0.2) is 4.92 Å². The van der Waals surface area contributed by atoms with Crippen molar-refractivity contribution in [3.8, 4) is 11.1 Å². The van der Waals surface area contributed by atoms with Gasteiger partial charge in [-0.2, -0.15) is 4.57 Å². The average Bonchev–Trinajstić information content (AvgIpc) is 2.62. The first kappa shape index (κ1) is 14.3. The third-order valence-corrected chi connectivity index (χ3v) is 4.42. The Kier molecular flexibility index (Phi) is 3.24. The number of benzene rings is 3. The minimum atomic E-state index is -0.350. The van der Waals surface area contributed by atoms with Crippen molar-refractivity contribution in [2.45, 2.75) is 0 Å². The molecule has 24 heavy (non-hydrogen) atoms. The summed E-state index contributed by atoms with van der Waals surface area (Å²) in [5.74, 6) is 0. The molecule has 0 unspecified atom stereocenters. The van der Waals surface area contributed by atoms with Crippen molar-refractivity contribution >= 4 is 27.5 Å². The van der Waals surface area contributed by atoms with Gasteiger partial charge in [0.15, 0.2) is 0 Å². The first-order valence-corrected chi connectivity index (χ1v) is 7.71. The lowest BCUT2D eigenvalue weighted by molar-refractivity contribution is -0.617. The molecule has 4 rings (SSSR count). The number of non-ortho nitro benzene ring substituents is 1. The highest BCUT2D eigenvalue weighted by Gasteiger charge is 2.19. The van der Waals surface area contributed by atoms with Crippen LogP contribution in [0.3, 0.4) is 0 Å². The summed E-state index contributed by atoms with van der Waals surface area (Å²) in [6, 6.07) is 23.1. The van der Waals surface area contributed by atoms with E-state index in [1.165, 1.54) is 6.07 Å². The van der Waals surface area contributed by atoms with E-state index in [-0.39, 0.29) is 10.6 Å². The maximum atomic E-state index is 11.2. The Labute approximate surface area is 138 Å². The van der Waals surface area contributed by atoms with Crippen LogP contribution in [-0.2, 0) is 7.05 Å². The minimum absolute atomic E-state index is 0.105. The highest BCUT2D eigenvalue weighted by atomic mass is 16.6. The van der Waals surface area contributed by atoms with Crippen molar-refractivity contribution in [1.82, 2.24) is 0 Å². The molecular weight excluding hydrogens is 300 g/mol. The molecule has 0 radical (unpaired) electrons. The minimum Gasteiger partial charge on any atom is -0.258 e. The summed E-state index contributed by atoms with van der Waals surface area (Å²) in [6.07, 6.45) is 0. The summed E-state index contributed by atoms with van der Waals surface area (Å²) in [4.78, 5) is 10.8. The molecular formula is C20H15N2O2+. The zero-order valence-electron chi connectivity index (χ0n) is 13.1. The summed E-state index contributed by atoms with van der Waals surface area (Å²) in [5, 5.41) is 13.3. The Morgan fingerprint density at radius 3 is 2.00 bits per heavy atom. The zero-order valence-corrected chi connectivity index (χ0v) is 13.1. The molecule has 0 aliphatic heterocycles. The fraction of sp³-hybridized carbons (Fsp3) is 0.0500. The number of para-hydroxylation sites is 2. The molecule has 0 atom stereocenters. The Hall–Kier alpha value is -3.27. The van der Waals surface area contributed by atoms with E-state index >= 15 is 0 Å². The molecule has 3 aromatic carbocycles. The van der Waals surface area contributed by atoms with Crippen molar-refractivity contribution in [3.05, 3.63) is 82.9 Å². The number of hydrogen-bond acceptors (Lipinski definition) is 2. The SMILES string of the molecule is C[n+]1c2ccccc2c(-c2cccc([N+](=O)[O-])c2)c2ccccc21. The van der Waals surface area contributed by atoms with Gasteiger partial charge in [-0.05, 0) is 17.7 Å². The van der Waals surface area contributed by atoms with Crippen LogP contribution in [0.15, 0.2) is 72.8 Å². The molecule has 4 aromatic rings. The molecule has 0 saturated carbocycles. The zero-order chi connectivity index (χ0) is 16.7. The lowest BCUT2D eigenvalue weighted by Gasteiger charge is -2.10. The summed E-state index contributed by atoms with van der Waals surface area (Å²) in [7, 11) is 2.04. The molecule has 0 amide bonds. The van der Waals surface area contributed by atoms with Crippen LogP contribution >= 0.6 is 0 Å². The van der Waals surface area contributed by atoms with Gasteiger partial charge in [0.25, 0.3) is 5.69 Å². The van der Waals surface area contributed by atoms with Crippen molar-refractivity contribution in [1.29, 1.82) is 0 Å². The lowest BCUT2D eigenvalue weighted by Crippen LogP contribution is -2.30. The van der Waals surface area contributed by atoms with E-state index in [0.29, 0.717) is 0 Å². The van der Waals surface area contributed by atoms with E-state index in [1.54, 1.807) is 12.1 Å². The van der Waals surface area contributed by atoms with E-state index in [2.05, 4.69) is 28.8 Å². The Morgan fingerprint density at radius 1 is 0.833 bits per heavy atom. The summed E-state index contributed by atoms with van der Waals surface area (Å²) in [6.45, 7) is 0. The fourth-order valence-electron chi connectivity index (χ4n) is 3.32. The molecule has 0 bridgehead atoms. The Balaban J connectivity index is 2.19. The number of fused-ring (bicyclic) bond motifs is 2. The molecule has 116 valence electrons. The van der Waals surface area contributed by atoms with Crippen molar-refractivity contribution in [3.63, 3.8) is 0 Å². The second kappa shape index (κ2) is 5.42. The molecule has 0 spiro atoms. The topological polar surface area (TPSA) is 47.0 Å². The van der Waals surface area contributed by atoms with Gasteiger partial charge >= 0.3 is 0 Å². The van der Waals surface area contributed by atoms with Gasteiger partial charge in [0.2, 0.25) is 11.0 Å². The summed E-state index contributed by atoms with van der Waals surface area (Å²) >= 11 is 0. The number of nitrogens with zero attached hydrogens (tertiary/aromatic N) is 2. The van der Waals surface area contributed by atoms with Gasteiger partial charge in [0.05, 0.1) is 15.7 Å². The number of aromatic nitrogens is 1. The predicted molar refractivity (Wildman–Crippen MR) is 94.7 cm³/mol. The first-order chi connectivity index (χ1) is 11.7. The second-order valence-electron chi connectivity index (χ2n) is 5.78. The van der Waals surface area contributed by atoms with Crippen molar-refractivity contribution in [2.75, 3.05) is 0 Å². The third-order valence-electron chi connectivity index (χ3n) is 4.42. The van der Waals surface area contributed by atoms with E-state index < -0.39 is 0 Å². The van der Waals surface area contributed by atoms with Crippen LogP contribution in [0.1, 0.15) is 0 Å². The van der Waals surface area contributed by atoms with Crippen LogP contribution in [0.4, 0.5) is 5.69 Å². The van der Waals surface area contributed by atoms with Gasteiger partial charge < -0.3 is 0 Å².